The van der Waals surface area contributed by atoms with Crippen LogP contribution in [0.3, 0.4) is 0 Å². The lowest BCUT2D eigenvalue weighted by Crippen LogP contribution is -2.31. The Morgan fingerprint density at radius 2 is 2.23 bits per heavy atom. The van der Waals surface area contributed by atoms with Crippen molar-refractivity contribution in [3.63, 3.8) is 0 Å². The Bertz CT molecular complexity index is 281. The van der Waals surface area contributed by atoms with E-state index in [1.807, 2.05) is 20.9 Å². The van der Waals surface area contributed by atoms with Gasteiger partial charge in [0.05, 0.1) is 11.3 Å². The molecule has 0 amide bonds. The molecule has 0 spiro atoms. The number of hydrogen-bond donors (Lipinski definition) is 1. The molecule has 0 radical (unpaired) electrons. The van der Waals surface area contributed by atoms with E-state index in [1.54, 1.807) is 24.1 Å². The molecule has 13 heavy (non-hydrogen) atoms. The van der Waals surface area contributed by atoms with Gasteiger partial charge in [0.15, 0.2) is 0 Å². The monoisotopic (exact) mass is 184 g/mol. The van der Waals surface area contributed by atoms with Crippen molar-refractivity contribution in [3.05, 3.63) is 18.0 Å². The van der Waals surface area contributed by atoms with Crippen LogP contribution in [0.1, 0.15) is 25.6 Å². The molecule has 4 heteroatoms. The third kappa shape index (κ3) is 2.08. The van der Waals surface area contributed by atoms with Gasteiger partial charge in [0, 0.05) is 20.4 Å². The number of hydrogen-bond acceptors (Lipinski definition) is 3. The molecule has 0 aliphatic rings. The highest BCUT2D eigenvalue weighted by Gasteiger charge is 2.30. The van der Waals surface area contributed by atoms with Crippen molar-refractivity contribution in [3.8, 4) is 0 Å². The molecule has 1 rings (SSSR count). The summed E-state index contributed by atoms with van der Waals surface area (Å²) in [6.07, 6.45) is 1.10. The zero-order valence-corrected chi connectivity index (χ0v) is 8.48. The van der Waals surface area contributed by atoms with Crippen LogP contribution in [0.15, 0.2) is 12.3 Å². The summed E-state index contributed by atoms with van der Waals surface area (Å²) < 4.78 is 6.82. The summed E-state index contributed by atoms with van der Waals surface area (Å²) in [6, 6.07) is 1.78. The molecule has 1 N–H and O–H groups in total. The van der Waals surface area contributed by atoms with Gasteiger partial charge in [0.2, 0.25) is 0 Å². The lowest BCUT2D eigenvalue weighted by Gasteiger charge is -2.27. The van der Waals surface area contributed by atoms with E-state index < -0.39 is 11.7 Å². The highest BCUT2D eigenvalue weighted by atomic mass is 16.5. The Hall–Kier alpha value is -0.870. The summed E-state index contributed by atoms with van der Waals surface area (Å²) in [7, 11) is 3.39. The first-order chi connectivity index (χ1) is 5.97. The van der Waals surface area contributed by atoms with E-state index in [1.165, 1.54) is 0 Å². The zero-order valence-electron chi connectivity index (χ0n) is 8.48. The van der Waals surface area contributed by atoms with Gasteiger partial charge in [-0.1, -0.05) is 0 Å². The molecule has 0 aromatic carbocycles. The SMILES string of the molecule is COC(C)(C)C(O)c1ccn(C)n1. The van der Waals surface area contributed by atoms with Crippen LogP contribution < -0.4 is 0 Å². The molecule has 0 aliphatic carbocycles. The Morgan fingerprint density at radius 1 is 1.62 bits per heavy atom. The minimum Gasteiger partial charge on any atom is -0.384 e. The number of ether oxygens (including phenoxy) is 1. The van der Waals surface area contributed by atoms with Gasteiger partial charge in [-0.05, 0) is 19.9 Å². The third-order valence-electron chi connectivity index (χ3n) is 2.20. The molecular weight excluding hydrogens is 168 g/mol. The van der Waals surface area contributed by atoms with Crippen LogP contribution in [0, 0.1) is 0 Å². The number of nitrogens with zero attached hydrogens (tertiary/aromatic N) is 2. The standard InChI is InChI=1S/C9H16N2O2/c1-9(2,13-4)8(12)7-5-6-11(3)10-7/h5-6,8,12H,1-4H3. The van der Waals surface area contributed by atoms with E-state index in [0.29, 0.717) is 5.69 Å². The summed E-state index contributed by atoms with van der Waals surface area (Å²) in [5, 5.41) is 14.0. The molecular formula is C9H16N2O2. The van der Waals surface area contributed by atoms with Crippen LogP contribution in [0.4, 0.5) is 0 Å². The number of aliphatic hydroxyl groups excluding tert-OH is 1. The molecule has 4 nitrogen and oxygen atoms in total. The first-order valence-corrected chi connectivity index (χ1v) is 4.20. The van der Waals surface area contributed by atoms with Gasteiger partial charge in [0.1, 0.15) is 6.10 Å². The fourth-order valence-corrected chi connectivity index (χ4v) is 1.05. The first-order valence-electron chi connectivity index (χ1n) is 4.20. The molecule has 0 saturated heterocycles. The highest BCUT2D eigenvalue weighted by Crippen LogP contribution is 2.26. The van der Waals surface area contributed by atoms with Gasteiger partial charge >= 0.3 is 0 Å². The molecule has 1 atom stereocenters. The maximum absolute atomic E-state index is 9.86. The lowest BCUT2D eigenvalue weighted by molar-refractivity contribution is -0.0811. The smallest absolute Gasteiger partial charge is 0.126 e. The average Bonchev–Trinajstić information content (AvgIpc) is 2.50. The number of aromatic nitrogens is 2. The van der Waals surface area contributed by atoms with Crippen LogP contribution >= 0.6 is 0 Å². The molecule has 0 fully saturated rings. The largest absolute Gasteiger partial charge is 0.384 e. The lowest BCUT2D eigenvalue weighted by atomic mass is 9.99. The number of aliphatic hydroxyl groups is 1. The first kappa shape index (κ1) is 10.2. The van der Waals surface area contributed by atoms with E-state index >= 15 is 0 Å². The second kappa shape index (κ2) is 3.47. The molecule has 1 aromatic heterocycles. The van der Waals surface area contributed by atoms with Crippen molar-refractivity contribution >= 4 is 0 Å². The van der Waals surface area contributed by atoms with Crippen LogP contribution in [-0.2, 0) is 11.8 Å². The molecule has 1 aromatic rings. The third-order valence-corrected chi connectivity index (χ3v) is 2.20. The van der Waals surface area contributed by atoms with E-state index in [9.17, 15) is 5.11 Å². The zero-order chi connectivity index (χ0) is 10.1. The van der Waals surface area contributed by atoms with E-state index in [0.717, 1.165) is 0 Å². The predicted octanol–water partition coefficient (Wildman–Crippen LogP) is 0.878. The van der Waals surface area contributed by atoms with Crippen molar-refractivity contribution in [1.82, 2.24) is 9.78 Å². The predicted molar refractivity (Wildman–Crippen MR) is 49.3 cm³/mol. The Kier molecular flexibility index (Phi) is 2.73. The fraction of sp³-hybridized carbons (Fsp3) is 0.667. The van der Waals surface area contributed by atoms with Gasteiger partial charge < -0.3 is 9.84 Å². The minimum absolute atomic E-state index is 0.603. The van der Waals surface area contributed by atoms with Crippen LogP contribution in [0.2, 0.25) is 0 Å². The Labute approximate surface area is 78.1 Å². The summed E-state index contributed by atoms with van der Waals surface area (Å²) >= 11 is 0. The Balaban J connectivity index is 2.84. The molecule has 0 bridgehead atoms. The molecule has 0 saturated carbocycles. The van der Waals surface area contributed by atoms with Crippen LogP contribution in [0.25, 0.3) is 0 Å². The topological polar surface area (TPSA) is 47.3 Å². The van der Waals surface area contributed by atoms with Crippen molar-refractivity contribution in [1.29, 1.82) is 0 Å². The molecule has 1 unspecified atom stereocenters. The second-order valence-corrected chi connectivity index (χ2v) is 3.62. The summed E-state index contributed by atoms with van der Waals surface area (Å²) in [5.74, 6) is 0. The van der Waals surface area contributed by atoms with Gasteiger partial charge in [-0.25, -0.2) is 0 Å². The van der Waals surface area contributed by atoms with Gasteiger partial charge in [-0.3, -0.25) is 4.68 Å². The summed E-state index contributed by atoms with van der Waals surface area (Å²) in [4.78, 5) is 0. The maximum Gasteiger partial charge on any atom is 0.126 e. The minimum atomic E-state index is -0.696. The fourth-order valence-electron chi connectivity index (χ4n) is 1.05. The number of methoxy groups -OCH3 is 1. The van der Waals surface area contributed by atoms with Crippen molar-refractivity contribution in [2.24, 2.45) is 7.05 Å². The van der Waals surface area contributed by atoms with Gasteiger partial charge in [0.25, 0.3) is 0 Å². The van der Waals surface area contributed by atoms with Crippen LogP contribution in [-0.4, -0.2) is 27.6 Å². The second-order valence-electron chi connectivity index (χ2n) is 3.62. The molecule has 1 heterocycles. The van der Waals surface area contributed by atoms with Crippen molar-refractivity contribution in [2.45, 2.75) is 25.6 Å². The molecule has 0 aliphatic heterocycles. The quantitative estimate of drug-likeness (QED) is 0.758. The molecule has 74 valence electrons. The Morgan fingerprint density at radius 3 is 2.62 bits per heavy atom. The van der Waals surface area contributed by atoms with Crippen molar-refractivity contribution in [2.75, 3.05) is 7.11 Å². The summed E-state index contributed by atoms with van der Waals surface area (Å²) in [5.41, 5.74) is 0.0308. The van der Waals surface area contributed by atoms with Gasteiger partial charge in [-0.15, -0.1) is 0 Å². The number of rotatable bonds is 3. The van der Waals surface area contributed by atoms with E-state index in [2.05, 4.69) is 5.10 Å². The average molecular weight is 184 g/mol. The van der Waals surface area contributed by atoms with Gasteiger partial charge in [-0.2, -0.15) is 5.10 Å². The van der Waals surface area contributed by atoms with E-state index in [-0.39, 0.29) is 0 Å². The summed E-state index contributed by atoms with van der Waals surface area (Å²) in [6.45, 7) is 3.65. The van der Waals surface area contributed by atoms with Crippen molar-refractivity contribution < 1.29 is 9.84 Å². The van der Waals surface area contributed by atoms with Crippen LogP contribution in [0.5, 0.6) is 0 Å². The number of aryl methyl sites for hydroxylation is 1. The normalized spacial score (nSPS) is 14.5. The van der Waals surface area contributed by atoms with E-state index in [4.69, 9.17) is 4.74 Å². The highest BCUT2D eigenvalue weighted by molar-refractivity contribution is 5.07. The maximum atomic E-state index is 9.86.